The van der Waals surface area contributed by atoms with E-state index in [0.717, 1.165) is 0 Å². The number of benzene rings is 1. The molecule has 0 unspecified atom stereocenters. The molecule has 1 aromatic carbocycles. The second-order valence-electron chi connectivity index (χ2n) is 3.47. The van der Waals surface area contributed by atoms with Crippen molar-refractivity contribution in [2.75, 3.05) is 0 Å². The number of nitro benzene ring substituents is 1. The molecule has 0 amide bonds. The van der Waals surface area contributed by atoms with Crippen molar-refractivity contribution in [1.82, 2.24) is 10.2 Å². The average molecular weight is 247 g/mol. The number of nitrogens with one attached hydrogen (secondary N) is 1. The molecule has 0 spiro atoms. The number of H-pyrrole nitrogens is 1. The smallest absolute Gasteiger partial charge is 0.356 e. The Balaban J connectivity index is 1.94. The molecule has 0 bridgehead atoms. The Labute approximate surface area is 102 Å². The van der Waals surface area contributed by atoms with Gasteiger partial charge in [0, 0.05) is 18.3 Å². The normalized spacial score (nSPS) is 10.0. The molecule has 0 saturated heterocycles. The van der Waals surface area contributed by atoms with Gasteiger partial charge in [0.2, 0.25) is 0 Å². The van der Waals surface area contributed by atoms with Gasteiger partial charge in [0.25, 0.3) is 5.69 Å². The van der Waals surface area contributed by atoms with E-state index < -0.39 is 10.9 Å². The number of nitrogens with zero attached hydrogens (tertiary/aromatic N) is 2. The largest absolute Gasteiger partial charge is 0.456 e. The number of aromatic nitrogens is 2. The first-order valence-electron chi connectivity index (χ1n) is 5.06. The van der Waals surface area contributed by atoms with Gasteiger partial charge in [0.1, 0.15) is 12.3 Å². The predicted octanol–water partition coefficient (Wildman–Crippen LogP) is 1.67. The fourth-order valence-corrected chi connectivity index (χ4v) is 1.31. The van der Waals surface area contributed by atoms with E-state index in [2.05, 4.69) is 10.2 Å². The maximum atomic E-state index is 11.5. The minimum absolute atomic E-state index is 0.00126. The summed E-state index contributed by atoms with van der Waals surface area (Å²) in [7, 11) is 0. The Hall–Kier alpha value is -2.70. The van der Waals surface area contributed by atoms with Crippen LogP contribution >= 0.6 is 0 Å². The fourth-order valence-electron chi connectivity index (χ4n) is 1.31. The van der Waals surface area contributed by atoms with Gasteiger partial charge in [-0.1, -0.05) is 0 Å². The lowest BCUT2D eigenvalue weighted by Crippen LogP contribution is -2.05. The van der Waals surface area contributed by atoms with E-state index in [4.69, 9.17) is 4.74 Å². The summed E-state index contributed by atoms with van der Waals surface area (Å²) >= 11 is 0. The standard InChI is InChI=1S/C11H9N3O4/c15-11(10-5-6-12-13-10)18-7-8-1-3-9(4-2-8)14(16)17/h1-6H,7H2,(H,12,13). The molecule has 92 valence electrons. The van der Waals surface area contributed by atoms with Gasteiger partial charge >= 0.3 is 5.97 Å². The summed E-state index contributed by atoms with van der Waals surface area (Å²) in [4.78, 5) is 21.4. The van der Waals surface area contributed by atoms with Crippen molar-refractivity contribution >= 4 is 11.7 Å². The van der Waals surface area contributed by atoms with Gasteiger partial charge in [-0.15, -0.1) is 0 Å². The summed E-state index contributed by atoms with van der Waals surface area (Å²) in [5.74, 6) is -0.522. The van der Waals surface area contributed by atoms with Gasteiger partial charge in [-0.3, -0.25) is 15.2 Å². The topological polar surface area (TPSA) is 98.1 Å². The maximum absolute atomic E-state index is 11.5. The van der Waals surface area contributed by atoms with Crippen molar-refractivity contribution in [3.8, 4) is 0 Å². The number of carbonyl (C=O) groups is 1. The zero-order valence-electron chi connectivity index (χ0n) is 9.20. The number of ether oxygens (including phenoxy) is 1. The quantitative estimate of drug-likeness (QED) is 0.503. The molecular formula is C11H9N3O4. The number of esters is 1. The highest BCUT2D eigenvalue weighted by molar-refractivity contribution is 5.86. The lowest BCUT2D eigenvalue weighted by molar-refractivity contribution is -0.384. The second kappa shape index (κ2) is 5.09. The summed E-state index contributed by atoms with van der Waals surface area (Å²) < 4.78 is 4.99. The Morgan fingerprint density at radius 3 is 2.61 bits per heavy atom. The van der Waals surface area contributed by atoms with Crippen LogP contribution in [0.1, 0.15) is 16.1 Å². The van der Waals surface area contributed by atoms with Crippen molar-refractivity contribution in [2.45, 2.75) is 6.61 Å². The van der Waals surface area contributed by atoms with E-state index in [-0.39, 0.29) is 18.0 Å². The van der Waals surface area contributed by atoms with Gasteiger partial charge in [-0.05, 0) is 23.8 Å². The van der Waals surface area contributed by atoms with Crippen molar-refractivity contribution in [2.24, 2.45) is 0 Å². The lowest BCUT2D eigenvalue weighted by Gasteiger charge is -2.02. The molecule has 2 aromatic rings. The van der Waals surface area contributed by atoms with Gasteiger partial charge < -0.3 is 4.74 Å². The van der Waals surface area contributed by atoms with Crippen LogP contribution in [0.15, 0.2) is 36.5 Å². The number of nitro groups is 1. The zero-order valence-corrected chi connectivity index (χ0v) is 9.20. The highest BCUT2D eigenvalue weighted by Crippen LogP contribution is 2.12. The van der Waals surface area contributed by atoms with Crippen molar-refractivity contribution in [1.29, 1.82) is 0 Å². The van der Waals surface area contributed by atoms with E-state index in [9.17, 15) is 14.9 Å². The second-order valence-corrected chi connectivity index (χ2v) is 3.47. The van der Waals surface area contributed by atoms with Crippen LogP contribution in [0.2, 0.25) is 0 Å². The number of non-ortho nitro benzene ring substituents is 1. The molecule has 0 aliphatic heterocycles. The van der Waals surface area contributed by atoms with Crippen LogP contribution in [0.25, 0.3) is 0 Å². The van der Waals surface area contributed by atoms with Crippen LogP contribution in [0, 0.1) is 10.1 Å². The van der Waals surface area contributed by atoms with Crippen LogP contribution in [0.5, 0.6) is 0 Å². The molecule has 1 aromatic heterocycles. The van der Waals surface area contributed by atoms with Crippen molar-refractivity contribution < 1.29 is 14.5 Å². The molecule has 0 saturated carbocycles. The van der Waals surface area contributed by atoms with E-state index in [0.29, 0.717) is 5.56 Å². The SMILES string of the molecule is O=C(OCc1ccc([N+](=O)[O-])cc1)c1ccn[nH]1. The molecule has 7 nitrogen and oxygen atoms in total. The molecule has 0 fully saturated rings. The Morgan fingerprint density at radius 1 is 1.33 bits per heavy atom. The Kier molecular flexibility index (Phi) is 3.33. The van der Waals surface area contributed by atoms with Crippen LogP contribution in [-0.4, -0.2) is 21.1 Å². The van der Waals surface area contributed by atoms with Crippen molar-refractivity contribution in [3.63, 3.8) is 0 Å². The summed E-state index contributed by atoms with van der Waals surface area (Å²) in [6.07, 6.45) is 1.45. The monoisotopic (exact) mass is 247 g/mol. The van der Waals surface area contributed by atoms with Crippen LogP contribution < -0.4 is 0 Å². The Morgan fingerprint density at radius 2 is 2.06 bits per heavy atom. The minimum atomic E-state index is -0.522. The maximum Gasteiger partial charge on any atom is 0.356 e. The average Bonchev–Trinajstić information content (AvgIpc) is 2.90. The van der Waals surface area contributed by atoms with E-state index in [1.807, 2.05) is 0 Å². The first-order valence-corrected chi connectivity index (χ1v) is 5.06. The molecule has 1 heterocycles. The Bertz CT molecular complexity index is 548. The van der Waals surface area contributed by atoms with Crippen LogP contribution in [-0.2, 0) is 11.3 Å². The van der Waals surface area contributed by atoms with Crippen LogP contribution in [0.4, 0.5) is 5.69 Å². The van der Waals surface area contributed by atoms with Gasteiger partial charge in [0.15, 0.2) is 0 Å². The van der Waals surface area contributed by atoms with Gasteiger partial charge in [-0.25, -0.2) is 4.79 Å². The van der Waals surface area contributed by atoms with Gasteiger partial charge in [0.05, 0.1) is 4.92 Å². The number of carbonyl (C=O) groups excluding carboxylic acids is 1. The molecule has 18 heavy (non-hydrogen) atoms. The molecule has 0 atom stereocenters. The lowest BCUT2D eigenvalue weighted by atomic mass is 10.2. The first-order chi connectivity index (χ1) is 8.66. The first kappa shape index (κ1) is 11.8. The highest BCUT2D eigenvalue weighted by atomic mass is 16.6. The highest BCUT2D eigenvalue weighted by Gasteiger charge is 2.09. The minimum Gasteiger partial charge on any atom is -0.456 e. The number of rotatable bonds is 4. The van der Waals surface area contributed by atoms with E-state index >= 15 is 0 Å². The summed E-state index contributed by atoms with van der Waals surface area (Å²) in [6.45, 7) is 0.0514. The third-order valence-corrected chi connectivity index (χ3v) is 2.24. The van der Waals surface area contributed by atoms with Crippen molar-refractivity contribution in [3.05, 3.63) is 57.9 Å². The summed E-state index contributed by atoms with van der Waals surface area (Å²) in [6, 6.07) is 7.30. The fraction of sp³-hybridized carbons (Fsp3) is 0.0909. The van der Waals surface area contributed by atoms with Crippen LogP contribution in [0.3, 0.4) is 0 Å². The van der Waals surface area contributed by atoms with E-state index in [1.165, 1.54) is 24.4 Å². The third-order valence-electron chi connectivity index (χ3n) is 2.24. The predicted molar refractivity (Wildman–Crippen MR) is 60.8 cm³/mol. The molecular weight excluding hydrogens is 238 g/mol. The number of hydrogen-bond acceptors (Lipinski definition) is 5. The molecule has 1 N–H and O–H groups in total. The summed E-state index contributed by atoms with van der Waals surface area (Å²) in [5, 5.41) is 16.6. The molecule has 0 aliphatic rings. The number of aromatic amines is 1. The molecule has 0 aliphatic carbocycles. The number of hydrogen-bond donors (Lipinski definition) is 1. The molecule has 7 heteroatoms. The van der Waals surface area contributed by atoms with E-state index in [1.54, 1.807) is 12.1 Å². The summed E-state index contributed by atoms with van der Waals surface area (Å²) in [5.41, 5.74) is 0.934. The zero-order chi connectivity index (χ0) is 13.0. The molecule has 0 radical (unpaired) electrons. The molecule has 2 rings (SSSR count). The van der Waals surface area contributed by atoms with Gasteiger partial charge in [-0.2, -0.15) is 5.10 Å². The third kappa shape index (κ3) is 2.70.